The van der Waals surface area contributed by atoms with E-state index in [1.165, 1.54) is 88.4 Å². The molecule has 0 radical (unpaired) electrons. The van der Waals surface area contributed by atoms with E-state index in [1.807, 2.05) is 89.8 Å². The molecule has 0 aliphatic carbocycles. The molecule has 0 saturated heterocycles. The minimum atomic E-state index is -0.0928. The average Bonchev–Trinajstić information content (AvgIpc) is 3.41. The molecule has 0 saturated carbocycles. The van der Waals surface area contributed by atoms with Gasteiger partial charge in [0, 0.05) is 45.0 Å². The Labute approximate surface area is 429 Å². The van der Waals surface area contributed by atoms with Gasteiger partial charge in [0.2, 0.25) is 0 Å². The zero-order valence-corrected chi connectivity index (χ0v) is 44.7. The lowest BCUT2D eigenvalue weighted by Crippen LogP contribution is -2.41. The summed E-state index contributed by atoms with van der Waals surface area (Å²) < 4.78 is 23.2. The lowest BCUT2D eigenvalue weighted by atomic mass is 10.1. The van der Waals surface area contributed by atoms with Crippen LogP contribution in [0, 0.1) is 0 Å². The van der Waals surface area contributed by atoms with Crippen molar-refractivity contribution in [1.29, 1.82) is 0 Å². The van der Waals surface area contributed by atoms with Crippen LogP contribution in [-0.2, 0) is 32.7 Å². The maximum atomic E-state index is 13.7. The van der Waals surface area contributed by atoms with Gasteiger partial charge in [-0.25, -0.2) is 4.79 Å². The Bertz CT molecular complexity index is 2120. The van der Waals surface area contributed by atoms with Gasteiger partial charge in [-0.2, -0.15) is 0 Å². The number of aryl methyl sites for hydroxylation is 1. The van der Waals surface area contributed by atoms with Crippen LogP contribution < -0.4 is 29.6 Å². The smallest absolute Gasteiger partial charge is 0.322 e. The van der Waals surface area contributed by atoms with Gasteiger partial charge in [0.15, 0.2) is 23.0 Å². The Hall–Kier alpha value is -5.55. The van der Waals surface area contributed by atoms with E-state index in [0.717, 1.165) is 79.6 Å². The van der Waals surface area contributed by atoms with Crippen LogP contribution in [0.25, 0.3) is 0 Å². The third-order valence-electron chi connectivity index (χ3n) is 12.5. The number of nitrogens with one attached hydrogen (secondary N) is 2. The van der Waals surface area contributed by atoms with Crippen molar-refractivity contribution < 1.29 is 23.7 Å². The molecule has 5 aromatic rings. The van der Waals surface area contributed by atoms with E-state index in [9.17, 15) is 4.79 Å². The van der Waals surface area contributed by atoms with Gasteiger partial charge >= 0.3 is 6.03 Å². The van der Waals surface area contributed by atoms with Crippen molar-refractivity contribution in [2.45, 2.75) is 132 Å². The summed E-state index contributed by atoms with van der Waals surface area (Å²) in [6, 6.07) is 40.6. The molecule has 0 heterocycles. The first kappa shape index (κ1) is 58.0. The predicted octanol–water partition coefficient (Wildman–Crippen LogP) is 13.8. The van der Waals surface area contributed by atoms with Crippen LogP contribution in [0.2, 0.25) is 0 Å². The number of urea groups is 1. The average molecular weight is 972 g/mol. The maximum absolute atomic E-state index is 13.7. The molecule has 0 bridgehead atoms. The molecule has 0 aromatic heterocycles. The second kappa shape index (κ2) is 35.5. The Morgan fingerprint density at radius 1 is 0.465 bits per heavy atom. The molecular formula is C61H89N5O5. The first-order chi connectivity index (χ1) is 34.8. The molecule has 0 aliphatic rings. The minimum Gasteiger partial charge on any atom is -0.493 e. The highest BCUT2D eigenvalue weighted by molar-refractivity contribution is 5.89. The largest absolute Gasteiger partial charge is 0.493 e. The predicted molar refractivity (Wildman–Crippen MR) is 296 cm³/mol. The van der Waals surface area contributed by atoms with E-state index in [1.54, 1.807) is 14.2 Å². The number of hydrogen-bond acceptors (Lipinski definition) is 8. The summed E-state index contributed by atoms with van der Waals surface area (Å²) in [5, 5.41) is 6.74. The second-order valence-corrected chi connectivity index (χ2v) is 18.4. The molecule has 71 heavy (non-hydrogen) atoms. The highest BCUT2D eigenvalue weighted by Crippen LogP contribution is 2.31. The number of rotatable bonds is 34. The van der Waals surface area contributed by atoms with Gasteiger partial charge in [-0.1, -0.05) is 152 Å². The van der Waals surface area contributed by atoms with E-state index in [4.69, 9.17) is 18.9 Å². The fraction of sp³-hybridized carbons (Fsp3) is 0.492. The van der Waals surface area contributed by atoms with Crippen molar-refractivity contribution in [1.82, 2.24) is 20.0 Å². The molecule has 2 amide bonds. The van der Waals surface area contributed by atoms with E-state index in [-0.39, 0.29) is 6.03 Å². The Morgan fingerprint density at radius 3 is 1.42 bits per heavy atom. The zero-order valence-electron chi connectivity index (χ0n) is 44.7. The highest BCUT2D eigenvalue weighted by Gasteiger charge is 2.18. The summed E-state index contributed by atoms with van der Waals surface area (Å²) in [7, 11) is 3.34. The standard InChI is InChI=1S/C36H51N3O3.C25H38N2O2/c1-5-8-14-30-17-20-33(21-18-30)37-36(40)39(26-25-38(23-9-6-2)24-10-7-3)28-32-19-22-34(41-4)35(27-32)42-29-31-15-12-11-13-16-31;1-4-6-16-27(17-7-5-2)18-15-26-20-23-13-14-24(28-3)25(19-23)29-21-22-11-9-8-10-12-22/h11-13,15-22,27H,5-10,14,23-26,28-29H2,1-4H3,(H,37,40);8-14,19,26H,4-7,15-18,20-21H2,1-3H3. The second-order valence-electron chi connectivity index (χ2n) is 18.4. The first-order valence-electron chi connectivity index (χ1n) is 26.8. The first-order valence-corrected chi connectivity index (χ1v) is 26.8. The summed E-state index contributed by atoms with van der Waals surface area (Å²) in [4.78, 5) is 20.7. The van der Waals surface area contributed by atoms with Gasteiger partial charge in [0.05, 0.1) is 14.2 Å². The summed E-state index contributed by atoms with van der Waals surface area (Å²) in [5.41, 5.74) is 6.57. The molecule has 0 aliphatic heterocycles. The fourth-order valence-electron chi connectivity index (χ4n) is 8.09. The van der Waals surface area contributed by atoms with Crippen molar-refractivity contribution in [3.8, 4) is 23.0 Å². The number of benzene rings is 5. The van der Waals surface area contributed by atoms with Crippen molar-refractivity contribution in [3.63, 3.8) is 0 Å². The lowest BCUT2D eigenvalue weighted by molar-refractivity contribution is 0.188. The lowest BCUT2D eigenvalue weighted by Gasteiger charge is -2.28. The number of ether oxygens (including phenoxy) is 4. The van der Waals surface area contributed by atoms with Crippen LogP contribution in [0.1, 0.15) is 127 Å². The number of unbranched alkanes of at least 4 members (excludes halogenated alkanes) is 5. The molecule has 2 N–H and O–H groups in total. The molecule has 0 atom stereocenters. The monoisotopic (exact) mass is 972 g/mol. The van der Waals surface area contributed by atoms with Gasteiger partial charge in [-0.15, -0.1) is 0 Å². The van der Waals surface area contributed by atoms with Crippen LogP contribution in [0.5, 0.6) is 23.0 Å². The minimum absolute atomic E-state index is 0.0928. The van der Waals surface area contributed by atoms with Crippen molar-refractivity contribution in [3.05, 3.63) is 149 Å². The summed E-state index contributed by atoms with van der Waals surface area (Å²) in [6.07, 6.45) is 13.2. The third kappa shape index (κ3) is 23.0. The molecule has 0 unspecified atom stereocenters. The van der Waals surface area contributed by atoms with Crippen molar-refractivity contribution >= 4 is 11.7 Å². The van der Waals surface area contributed by atoms with Gasteiger partial charge in [-0.3, -0.25) is 0 Å². The quantitative estimate of drug-likeness (QED) is 0.0394. The molecule has 10 nitrogen and oxygen atoms in total. The number of methoxy groups -OCH3 is 2. The van der Waals surface area contributed by atoms with Gasteiger partial charge in [-0.05, 0) is 129 Å². The Morgan fingerprint density at radius 2 is 0.930 bits per heavy atom. The van der Waals surface area contributed by atoms with E-state index in [0.29, 0.717) is 37.8 Å². The van der Waals surface area contributed by atoms with Crippen LogP contribution in [0.3, 0.4) is 0 Å². The number of carbonyl (C=O) groups excluding carboxylic acids is 1. The Kier molecular flexibility index (Phi) is 29.0. The number of amides is 2. The molecule has 0 spiro atoms. The molecule has 0 fully saturated rings. The van der Waals surface area contributed by atoms with Crippen molar-refractivity contribution in [2.75, 3.05) is 71.9 Å². The molecule has 388 valence electrons. The third-order valence-corrected chi connectivity index (χ3v) is 12.5. The number of nitrogens with zero attached hydrogens (tertiary/aromatic N) is 3. The van der Waals surface area contributed by atoms with Crippen LogP contribution in [0.4, 0.5) is 10.5 Å². The maximum Gasteiger partial charge on any atom is 0.322 e. The van der Waals surface area contributed by atoms with Crippen LogP contribution >= 0.6 is 0 Å². The number of carbonyl (C=O) groups is 1. The fourth-order valence-corrected chi connectivity index (χ4v) is 8.09. The van der Waals surface area contributed by atoms with E-state index < -0.39 is 0 Å². The van der Waals surface area contributed by atoms with Crippen LogP contribution in [0.15, 0.2) is 121 Å². The molecule has 5 rings (SSSR count). The van der Waals surface area contributed by atoms with E-state index >= 15 is 0 Å². The summed E-state index contributed by atoms with van der Waals surface area (Å²) in [5.74, 6) is 2.92. The number of anilines is 1. The molecule has 5 aromatic carbocycles. The normalized spacial score (nSPS) is 11.0. The van der Waals surface area contributed by atoms with Gasteiger partial charge in [0.1, 0.15) is 13.2 Å². The zero-order chi connectivity index (χ0) is 50.7. The van der Waals surface area contributed by atoms with Crippen LogP contribution in [-0.4, -0.2) is 87.3 Å². The molecule has 10 heteroatoms. The Balaban J connectivity index is 0.000000330. The highest BCUT2D eigenvalue weighted by atomic mass is 16.5. The molecular weight excluding hydrogens is 883 g/mol. The van der Waals surface area contributed by atoms with Crippen molar-refractivity contribution in [2.24, 2.45) is 0 Å². The number of hydrogen-bond donors (Lipinski definition) is 2. The SMILES string of the molecule is CCCCN(CCCC)CCNCc1ccc(OC)c(OCc2ccccc2)c1.CCCCc1ccc(NC(=O)N(CCN(CCCC)CCCC)Cc2ccc(OC)c(OCc3ccccc3)c2)cc1. The van der Waals surface area contributed by atoms with Gasteiger partial charge in [0.25, 0.3) is 0 Å². The topological polar surface area (TPSA) is 87.8 Å². The van der Waals surface area contributed by atoms with Gasteiger partial charge < -0.3 is 44.3 Å². The van der Waals surface area contributed by atoms with E-state index in [2.05, 4.69) is 91.5 Å². The summed E-state index contributed by atoms with van der Waals surface area (Å²) in [6.45, 7) is 21.6. The summed E-state index contributed by atoms with van der Waals surface area (Å²) >= 11 is 0.